The molecule has 110 valence electrons. The lowest BCUT2D eigenvalue weighted by Crippen LogP contribution is -2.25. The van der Waals surface area contributed by atoms with E-state index in [1.165, 1.54) is 0 Å². The second-order valence-corrected chi connectivity index (χ2v) is 4.82. The van der Waals surface area contributed by atoms with E-state index >= 15 is 0 Å². The van der Waals surface area contributed by atoms with E-state index in [2.05, 4.69) is 27.5 Å². The van der Waals surface area contributed by atoms with Crippen LogP contribution in [0.15, 0.2) is 36.4 Å². The third-order valence-corrected chi connectivity index (χ3v) is 2.93. The zero-order valence-electron chi connectivity index (χ0n) is 12.4. The van der Waals surface area contributed by atoms with Gasteiger partial charge in [0, 0.05) is 17.9 Å². The average Bonchev–Trinajstić information content (AvgIpc) is 2.48. The number of para-hydroxylation sites is 1. The lowest BCUT2D eigenvalue weighted by Gasteiger charge is -2.08. The zero-order chi connectivity index (χ0) is 15.1. The van der Waals surface area contributed by atoms with Crippen molar-refractivity contribution in [3.8, 4) is 0 Å². The van der Waals surface area contributed by atoms with Gasteiger partial charge in [0.2, 0.25) is 5.95 Å². The van der Waals surface area contributed by atoms with E-state index in [9.17, 15) is 4.79 Å². The molecule has 1 heterocycles. The van der Waals surface area contributed by atoms with Crippen LogP contribution in [0.3, 0.4) is 0 Å². The molecule has 0 aliphatic rings. The van der Waals surface area contributed by atoms with Crippen LogP contribution in [0, 0.1) is 6.92 Å². The lowest BCUT2D eigenvalue weighted by atomic mass is 10.3. The molecule has 2 N–H and O–H groups in total. The molecule has 0 unspecified atom stereocenters. The summed E-state index contributed by atoms with van der Waals surface area (Å²) in [6.45, 7) is 4.60. The average molecular weight is 284 g/mol. The van der Waals surface area contributed by atoms with Crippen LogP contribution in [0.1, 0.15) is 35.9 Å². The summed E-state index contributed by atoms with van der Waals surface area (Å²) in [5, 5.41) is 5.97. The summed E-state index contributed by atoms with van der Waals surface area (Å²) in [5.74, 6) is 0.270. The first-order valence-electron chi connectivity index (χ1n) is 7.15. The lowest BCUT2D eigenvalue weighted by molar-refractivity contribution is 0.0948. The van der Waals surface area contributed by atoms with Crippen LogP contribution in [0.5, 0.6) is 0 Å². The van der Waals surface area contributed by atoms with Gasteiger partial charge in [-0.2, -0.15) is 0 Å². The van der Waals surface area contributed by atoms with Crippen molar-refractivity contribution in [1.82, 2.24) is 15.3 Å². The van der Waals surface area contributed by atoms with E-state index in [0.717, 1.165) is 24.2 Å². The quantitative estimate of drug-likeness (QED) is 0.800. The Balaban J connectivity index is 2.11. The molecule has 1 aromatic heterocycles. The molecular weight excluding hydrogens is 264 g/mol. The highest BCUT2D eigenvalue weighted by molar-refractivity contribution is 5.92. The van der Waals surface area contributed by atoms with Gasteiger partial charge in [0.25, 0.3) is 5.91 Å². The van der Waals surface area contributed by atoms with Gasteiger partial charge in [-0.25, -0.2) is 9.97 Å². The minimum Gasteiger partial charge on any atom is -0.351 e. The molecule has 0 saturated carbocycles. The van der Waals surface area contributed by atoms with Crippen molar-refractivity contribution in [3.63, 3.8) is 0 Å². The number of hydrogen-bond acceptors (Lipinski definition) is 4. The molecule has 0 spiro atoms. The van der Waals surface area contributed by atoms with E-state index in [1.54, 1.807) is 6.07 Å². The van der Waals surface area contributed by atoms with Crippen LogP contribution in [0.2, 0.25) is 0 Å². The van der Waals surface area contributed by atoms with Gasteiger partial charge in [0.1, 0.15) is 5.69 Å². The summed E-state index contributed by atoms with van der Waals surface area (Å²) in [6.07, 6.45) is 2.01. The molecule has 21 heavy (non-hydrogen) atoms. The molecule has 0 aliphatic carbocycles. The maximum absolute atomic E-state index is 12.0. The monoisotopic (exact) mass is 284 g/mol. The van der Waals surface area contributed by atoms with Crippen molar-refractivity contribution >= 4 is 17.5 Å². The second kappa shape index (κ2) is 7.38. The van der Waals surface area contributed by atoms with E-state index in [-0.39, 0.29) is 5.91 Å². The van der Waals surface area contributed by atoms with Crippen molar-refractivity contribution in [2.75, 3.05) is 11.9 Å². The molecular formula is C16H20N4O. The second-order valence-electron chi connectivity index (χ2n) is 4.82. The number of carbonyl (C=O) groups is 1. The predicted octanol–water partition coefficient (Wildman–Crippen LogP) is 3.06. The normalized spacial score (nSPS) is 10.2. The number of nitrogens with zero attached hydrogens (tertiary/aromatic N) is 2. The fourth-order valence-electron chi connectivity index (χ4n) is 1.86. The Labute approximate surface area is 124 Å². The van der Waals surface area contributed by atoms with Gasteiger partial charge in [-0.15, -0.1) is 0 Å². The van der Waals surface area contributed by atoms with E-state index in [0.29, 0.717) is 18.2 Å². The molecule has 2 aromatic rings. The zero-order valence-corrected chi connectivity index (χ0v) is 12.4. The number of aryl methyl sites for hydroxylation is 1. The maximum atomic E-state index is 12.0. The molecule has 0 fully saturated rings. The van der Waals surface area contributed by atoms with E-state index < -0.39 is 0 Å². The SMILES string of the molecule is CCCCNC(=O)c1cc(C)nc(Nc2ccccc2)n1. The molecule has 5 nitrogen and oxygen atoms in total. The highest BCUT2D eigenvalue weighted by Gasteiger charge is 2.10. The highest BCUT2D eigenvalue weighted by atomic mass is 16.1. The van der Waals surface area contributed by atoms with E-state index in [4.69, 9.17) is 0 Å². The Morgan fingerprint density at radius 1 is 1.19 bits per heavy atom. The first-order chi connectivity index (χ1) is 10.2. The Morgan fingerprint density at radius 2 is 1.95 bits per heavy atom. The van der Waals surface area contributed by atoms with Crippen LogP contribution in [0.25, 0.3) is 0 Å². The van der Waals surface area contributed by atoms with Gasteiger partial charge in [0.05, 0.1) is 0 Å². The summed E-state index contributed by atoms with van der Waals surface area (Å²) < 4.78 is 0. The van der Waals surface area contributed by atoms with Crippen molar-refractivity contribution in [3.05, 3.63) is 47.8 Å². The largest absolute Gasteiger partial charge is 0.351 e. The molecule has 0 bridgehead atoms. The van der Waals surface area contributed by atoms with Crippen molar-refractivity contribution in [2.24, 2.45) is 0 Å². The topological polar surface area (TPSA) is 66.9 Å². The Hall–Kier alpha value is -2.43. The fraction of sp³-hybridized carbons (Fsp3) is 0.312. The first kappa shape index (κ1) is 15.0. The molecule has 0 saturated heterocycles. The van der Waals surface area contributed by atoms with Crippen LogP contribution in [-0.4, -0.2) is 22.4 Å². The minimum absolute atomic E-state index is 0.162. The smallest absolute Gasteiger partial charge is 0.270 e. The van der Waals surface area contributed by atoms with Gasteiger partial charge in [-0.05, 0) is 31.5 Å². The summed E-state index contributed by atoms with van der Waals surface area (Å²) in [4.78, 5) is 20.6. The number of benzene rings is 1. The number of anilines is 2. The number of amides is 1. The van der Waals surface area contributed by atoms with Crippen LogP contribution < -0.4 is 10.6 Å². The van der Waals surface area contributed by atoms with E-state index in [1.807, 2.05) is 37.3 Å². The van der Waals surface area contributed by atoms with Gasteiger partial charge in [0.15, 0.2) is 0 Å². The molecule has 2 rings (SSSR count). The molecule has 5 heteroatoms. The van der Waals surface area contributed by atoms with Gasteiger partial charge < -0.3 is 10.6 Å². The maximum Gasteiger partial charge on any atom is 0.270 e. The summed E-state index contributed by atoms with van der Waals surface area (Å²) in [7, 11) is 0. The van der Waals surface area contributed by atoms with Crippen LogP contribution in [-0.2, 0) is 0 Å². The summed E-state index contributed by atoms with van der Waals surface area (Å²) in [5.41, 5.74) is 2.03. The third-order valence-electron chi connectivity index (χ3n) is 2.93. The summed E-state index contributed by atoms with van der Waals surface area (Å²) >= 11 is 0. The van der Waals surface area contributed by atoms with Gasteiger partial charge in [-0.1, -0.05) is 31.5 Å². The molecule has 0 aliphatic heterocycles. The molecule has 0 atom stereocenters. The van der Waals surface area contributed by atoms with Crippen LogP contribution in [0.4, 0.5) is 11.6 Å². The van der Waals surface area contributed by atoms with Gasteiger partial charge in [-0.3, -0.25) is 4.79 Å². The minimum atomic E-state index is -0.162. The van der Waals surface area contributed by atoms with Crippen molar-refractivity contribution in [1.29, 1.82) is 0 Å². The van der Waals surface area contributed by atoms with Crippen LogP contribution >= 0.6 is 0 Å². The highest BCUT2D eigenvalue weighted by Crippen LogP contribution is 2.13. The molecule has 0 radical (unpaired) electrons. The third kappa shape index (κ3) is 4.56. The Kier molecular flexibility index (Phi) is 5.26. The van der Waals surface area contributed by atoms with Crippen molar-refractivity contribution < 1.29 is 4.79 Å². The van der Waals surface area contributed by atoms with Gasteiger partial charge >= 0.3 is 0 Å². The summed E-state index contributed by atoms with van der Waals surface area (Å²) in [6, 6.07) is 11.3. The molecule has 1 aromatic carbocycles. The number of unbranched alkanes of at least 4 members (excludes halogenated alkanes) is 1. The predicted molar refractivity (Wildman–Crippen MR) is 83.7 cm³/mol. The number of nitrogens with one attached hydrogen (secondary N) is 2. The van der Waals surface area contributed by atoms with Crippen molar-refractivity contribution in [2.45, 2.75) is 26.7 Å². The Morgan fingerprint density at radius 3 is 2.67 bits per heavy atom. The fourth-order valence-corrected chi connectivity index (χ4v) is 1.86. The Bertz CT molecular complexity index is 598. The molecule has 1 amide bonds. The number of hydrogen-bond donors (Lipinski definition) is 2. The number of aromatic nitrogens is 2. The number of rotatable bonds is 6. The standard InChI is InChI=1S/C16H20N4O/c1-3-4-10-17-15(21)14-11-12(2)18-16(20-14)19-13-8-6-5-7-9-13/h5-9,11H,3-4,10H2,1-2H3,(H,17,21)(H,18,19,20). The number of carbonyl (C=O) groups excluding carboxylic acids is 1. The first-order valence-corrected chi connectivity index (χ1v) is 7.15.